The maximum Gasteiger partial charge on any atom is 0.419 e. The normalized spacial score (nSPS) is 24.1. The lowest BCUT2D eigenvalue weighted by Crippen LogP contribution is -2.37. The average molecular weight is 290 g/mol. The third-order valence-electron chi connectivity index (χ3n) is 3.65. The number of benzene rings is 1. The summed E-state index contributed by atoms with van der Waals surface area (Å²) >= 11 is 0. The van der Waals surface area contributed by atoms with Gasteiger partial charge in [-0.2, -0.15) is 13.2 Å². The Morgan fingerprint density at radius 3 is 2.50 bits per heavy atom. The van der Waals surface area contributed by atoms with Crippen LogP contribution in [0.3, 0.4) is 0 Å². The molecule has 1 aliphatic heterocycles. The molecular formula is C13H14F4N2O. The van der Waals surface area contributed by atoms with Gasteiger partial charge in [0.1, 0.15) is 5.82 Å². The molecule has 1 heterocycles. The molecule has 0 radical (unpaired) electrons. The van der Waals surface area contributed by atoms with Gasteiger partial charge in [-0.25, -0.2) is 4.39 Å². The number of alkyl halides is 3. The fourth-order valence-electron chi connectivity index (χ4n) is 2.59. The van der Waals surface area contributed by atoms with E-state index >= 15 is 0 Å². The van der Waals surface area contributed by atoms with E-state index in [1.54, 1.807) is 11.9 Å². The van der Waals surface area contributed by atoms with E-state index in [-0.39, 0.29) is 5.92 Å². The number of amides is 1. The van der Waals surface area contributed by atoms with Crippen molar-refractivity contribution in [2.24, 2.45) is 5.73 Å². The molecule has 1 aromatic rings. The topological polar surface area (TPSA) is 46.3 Å². The number of likely N-dealkylation sites (tertiary alicyclic amines) is 1. The average Bonchev–Trinajstić information content (AvgIpc) is 2.69. The molecule has 1 unspecified atom stereocenters. The van der Waals surface area contributed by atoms with E-state index in [0.717, 1.165) is 12.1 Å². The van der Waals surface area contributed by atoms with Crippen LogP contribution < -0.4 is 5.73 Å². The molecule has 110 valence electrons. The molecule has 0 bridgehead atoms. The molecule has 2 rings (SSSR count). The fourth-order valence-corrected chi connectivity index (χ4v) is 2.59. The summed E-state index contributed by atoms with van der Waals surface area (Å²) in [4.78, 5) is 12.9. The van der Waals surface area contributed by atoms with E-state index in [4.69, 9.17) is 5.73 Å². The number of nitrogens with zero attached hydrogens (tertiary/aromatic N) is 1. The van der Waals surface area contributed by atoms with Gasteiger partial charge in [-0.1, -0.05) is 6.07 Å². The first kappa shape index (κ1) is 14.8. The highest BCUT2D eigenvalue weighted by Gasteiger charge is 2.37. The van der Waals surface area contributed by atoms with Crippen LogP contribution in [0, 0.1) is 5.82 Å². The van der Waals surface area contributed by atoms with Gasteiger partial charge in [0.2, 0.25) is 5.91 Å². The maximum atomic E-state index is 13.5. The summed E-state index contributed by atoms with van der Waals surface area (Å²) in [5, 5.41) is 0. The zero-order valence-corrected chi connectivity index (χ0v) is 10.7. The number of likely N-dealkylation sites (N-methyl/N-ethyl adjacent to an activating group) is 1. The summed E-state index contributed by atoms with van der Waals surface area (Å²) in [6.45, 7) is 0.457. The molecule has 1 aromatic carbocycles. The van der Waals surface area contributed by atoms with Crippen LogP contribution in [0.2, 0.25) is 0 Å². The van der Waals surface area contributed by atoms with Gasteiger partial charge < -0.3 is 5.73 Å². The van der Waals surface area contributed by atoms with Crippen LogP contribution >= 0.6 is 0 Å². The molecule has 1 aliphatic rings. The molecule has 0 saturated carbocycles. The summed E-state index contributed by atoms with van der Waals surface area (Å²) in [6.07, 6.45) is -4.32. The monoisotopic (exact) mass is 290 g/mol. The minimum Gasteiger partial charge on any atom is -0.368 e. The summed E-state index contributed by atoms with van der Waals surface area (Å²) in [5.41, 5.74) is 4.41. The van der Waals surface area contributed by atoms with Crippen molar-refractivity contribution in [2.45, 2.75) is 24.6 Å². The molecule has 2 N–H and O–H groups in total. The van der Waals surface area contributed by atoms with Crippen molar-refractivity contribution in [1.29, 1.82) is 0 Å². The van der Waals surface area contributed by atoms with Crippen molar-refractivity contribution in [3.05, 3.63) is 35.1 Å². The lowest BCUT2D eigenvalue weighted by Gasteiger charge is -2.14. The minimum absolute atomic E-state index is 0.200. The molecule has 3 nitrogen and oxygen atoms in total. The fraction of sp³-hybridized carbons (Fsp3) is 0.462. The Morgan fingerprint density at radius 2 is 2.05 bits per heavy atom. The highest BCUT2D eigenvalue weighted by Crippen LogP contribution is 2.35. The summed E-state index contributed by atoms with van der Waals surface area (Å²) in [7, 11) is 1.70. The van der Waals surface area contributed by atoms with E-state index in [2.05, 4.69) is 0 Å². The zero-order valence-electron chi connectivity index (χ0n) is 10.7. The molecular weight excluding hydrogens is 276 g/mol. The van der Waals surface area contributed by atoms with Crippen LogP contribution in [-0.4, -0.2) is 30.4 Å². The number of hydrogen-bond donors (Lipinski definition) is 1. The first-order valence-electron chi connectivity index (χ1n) is 6.06. The van der Waals surface area contributed by atoms with Gasteiger partial charge in [0.15, 0.2) is 0 Å². The van der Waals surface area contributed by atoms with E-state index in [1.165, 1.54) is 6.07 Å². The second kappa shape index (κ2) is 5.05. The van der Waals surface area contributed by atoms with E-state index in [1.807, 2.05) is 0 Å². The van der Waals surface area contributed by atoms with Crippen LogP contribution in [0.4, 0.5) is 17.6 Å². The quantitative estimate of drug-likeness (QED) is 0.848. The van der Waals surface area contributed by atoms with Gasteiger partial charge >= 0.3 is 6.18 Å². The maximum absolute atomic E-state index is 13.5. The second-order valence-corrected chi connectivity index (χ2v) is 5.03. The van der Waals surface area contributed by atoms with Gasteiger partial charge in [0.25, 0.3) is 0 Å². The number of halogens is 4. The number of hydrogen-bond acceptors (Lipinski definition) is 2. The predicted octanol–water partition coefficient (Wildman–Crippen LogP) is 2.12. The van der Waals surface area contributed by atoms with Crippen molar-refractivity contribution < 1.29 is 22.4 Å². The van der Waals surface area contributed by atoms with E-state index < -0.39 is 29.5 Å². The predicted molar refractivity (Wildman–Crippen MR) is 64.4 cm³/mol. The summed E-state index contributed by atoms with van der Waals surface area (Å²) in [5.74, 6) is -1.98. The Balaban J connectivity index is 2.24. The van der Waals surface area contributed by atoms with Gasteiger partial charge in [-0.15, -0.1) is 0 Å². The van der Waals surface area contributed by atoms with Crippen molar-refractivity contribution >= 4 is 5.91 Å². The van der Waals surface area contributed by atoms with Crippen molar-refractivity contribution in [3.8, 4) is 0 Å². The van der Waals surface area contributed by atoms with Crippen molar-refractivity contribution in [1.82, 2.24) is 4.90 Å². The first-order valence-corrected chi connectivity index (χ1v) is 6.06. The van der Waals surface area contributed by atoms with Gasteiger partial charge in [-0.05, 0) is 37.1 Å². The minimum atomic E-state index is -4.70. The van der Waals surface area contributed by atoms with Crippen LogP contribution in [0.25, 0.3) is 0 Å². The second-order valence-electron chi connectivity index (χ2n) is 5.03. The molecule has 0 spiro atoms. The van der Waals surface area contributed by atoms with Crippen LogP contribution in [0.15, 0.2) is 18.2 Å². The number of carbonyl (C=O) groups is 1. The largest absolute Gasteiger partial charge is 0.419 e. The summed E-state index contributed by atoms with van der Waals surface area (Å²) in [6, 6.07) is 2.42. The SMILES string of the molecule is CN1C[C@@H](c2ccc(C(F)(F)F)c(F)c2)CC1C(N)=O. The van der Waals surface area contributed by atoms with Crippen molar-refractivity contribution in [2.75, 3.05) is 13.6 Å². The van der Waals surface area contributed by atoms with Crippen LogP contribution in [-0.2, 0) is 11.0 Å². The number of carbonyl (C=O) groups excluding carboxylic acids is 1. The number of primary amides is 1. The van der Waals surface area contributed by atoms with E-state index in [0.29, 0.717) is 18.5 Å². The number of nitrogens with two attached hydrogens (primary N) is 1. The van der Waals surface area contributed by atoms with Gasteiger partial charge in [-0.3, -0.25) is 9.69 Å². The molecule has 7 heteroatoms. The van der Waals surface area contributed by atoms with E-state index in [9.17, 15) is 22.4 Å². The molecule has 20 heavy (non-hydrogen) atoms. The molecule has 0 aromatic heterocycles. The third-order valence-corrected chi connectivity index (χ3v) is 3.65. The lowest BCUT2D eigenvalue weighted by molar-refractivity contribution is -0.140. The summed E-state index contributed by atoms with van der Waals surface area (Å²) < 4.78 is 51.0. The Bertz CT molecular complexity index is 530. The Hall–Kier alpha value is -1.63. The molecule has 1 fully saturated rings. The molecule has 0 aliphatic carbocycles. The lowest BCUT2D eigenvalue weighted by atomic mass is 9.95. The van der Waals surface area contributed by atoms with Gasteiger partial charge in [0.05, 0.1) is 11.6 Å². The molecule has 1 saturated heterocycles. The smallest absolute Gasteiger partial charge is 0.368 e. The van der Waals surface area contributed by atoms with Crippen LogP contribution in [0.1, 0.15) is 23.5 Å². The van der Waals surface area contributed by atoms with Crippen LogP contribution in [0.5, 0.6) is 0 Å². The Morgan fingerprint density at radius 1 is 1.40 bits per heavy atom. The standard InChI is InChI=1S/C13H14F4N2O/c1-19-6-8(5-11(19)12(18)20)7-2-3-9(10(14)4-7)13(15,16)17/h2-4,8,11H,5-6H2,1H3,(H2,18,20)/t8-,11?/m0/s1. The van der Waals surface area contributed by atoms with Crippen molar-refractivity contribution in [3.63, 3.8) is 0 Å². The third kappa shape index (κ3) is 2.77. The number of rotatable bonds is 2. The van der Waals surface area contributed by atoms with Gasteiger partial charge in [0, 0.05) is 6.54 Å². The highest BCUT2D eigenvalue weighted by molar-refractivity contribution is 5.80. The molecule has 2 atom stereocenters. The Labute approximate surface area is 113 Å². The highest BCUT2D eigenvalue weighted by atomic mass is 19.4. The molecule has 1 amide bonds. The first-order chi connectivity index (χ1) is 9.20. The zero-order chi connectivity index (χ0) is 15.1. The Kier molecular flexibility index (Phi) is 3.73.